The summed E-state index contributed by atoms with van der Waals surface area (Å²) in [5.41, 5.74) is 1.91. The van der Waals surface area contributed by atoms with Crippen LogP contribution in [0.3, 0.4) is 0 Å². The molecule has 25 heavy (non-hydrogen) atoms. The van der Waals surface area contributed by atoms with Crippen LogP contribution in [0.15, 0.2) is 54.6 Å². The van der Waals surface area contributed by atoms with Crippen LogP contribution in [0.4, 0.5) is 0 Å². The zero-order valence-electron chi connectivity index (χ0n) is 13.5. The largest absolute Gasteiger partial charge is 0.352 e. The van der Waals surface area contributed by atoms with Crippen LogP contribution in [0, 0.1) is 0 Å². The van der Waals surface area contributed by atoms with E-state index < -0.39 is 0 Å². The topological polar surface area (TPSA) is 74.0 Å². The third-order valence-corrected chi connectivity index (χ3v) is 4.15. The number of carbonyl (C=O) groups is 2. The van der Waals surface area contributed by atoms with E-state index in [9.17, 15) is 9.59 Å². The molecule has 0 saturated heterocycles. The SMILES string of the molecule is O=C(NCCCNC(=O)c1ccccc1Cl)c1cc2ccccc2[nH]1. The van der Waals surface area contributed by atoms with Gasteiger partial charge in [-0.2, -0.15) is 0 Å². The van der Waals surface area contributed by atoms with Gasteiger partial charge in [-0.1, -0.05) is 41.9 Å². The third kappa shape index (κ3) is 4.19. The van der Waals surface area contributed by atoms with E-state index in [4.69, 9.17) is 11.6 Å². The molecule has 0 aliphatic carbocycles. The van der Waals surface area contributed by atoms with Gasteiger partial charge in [-0.05, 0) is 30.7 Å². The third-order valence-electron chi connectivity index (χ3n) is 3.82. The standard InChI is InChI=1S/C19H18ClN3O2/c20-15-8-3-2-7-14(15)18(24)21-10-5-11-22-19(25)17-12-13-6-1-4-9-16(13)23-17/h1-4,6-9,12,23H,5,10-11H2,(H,21,24)(H,22,25). The van der Waals surface area contributed by atoms with Gasteiger partial charge in [-0.25, -0.2) is 0 Å². The Labute approximate surface area is 150 Å². The summed E-state index contributed by atoms with van der Waals surface area (Å²) < 4.78 is 0. The Hall–Kier alpha value is -2.79. The minimum atomic E-state index is -0.215. The predicted octanol–water partition coefficient (Wildman–Crippen LogP) is 3.37. The maximum atomic E-state index is 12.1. The Morgan fingerprint density at radius 1 is 0.920 bits per heavy atom. The van der Waals surface area contributed by atoms with E-state index in [1.165, 1.54) is 0 Å². The molecular weight excluding hydrogens is 338 g/mol. The summed E-state index contributed by atoms with van der Waals surface area (Å²) in [7, 11) is 0. The maximum absolute atomic E-state index is 12.1. The van der Waals surface area contributed by atoms with Crippen LogP contribution in [0.2, 0.25) is 5.02 Å². The Kier molecular flexibility index (Phi) is 5.36. The van der Waals surface area contributed by atoms with E-state index in [1.54, 1.807) is 24.3 Å². The summed E-state index contributed by atoms with van der Waals surface area (Å²) in [6.07, 6.45) is 0.627. The number of fused-ring (bicyclic) bond motifs is 1. The van der Waals surface area contributed by atoms with Crippen LogP contribution >= 0.6 is 11.6 Å². The molecule has 0 fully saturated rings. The highest BCUT2D eigenvalue weighted by atomic mass is 35.5. The van der Waals surface area contributed by atoms with Crippen LogP contribution < -0.4 is 10.6 Å². The summed E-state index contributed by atoms with van der Waals surface area (Å²) in [4.78, 5) is 27.2. The number of hydrogen-bond acceptors (Lipinski definition) is 2. The molecule has 5 nitrogen and oxygen atoms in total. The molecule has 0 radical (unpaired) electrons. The molecule has 128 valence electrons. The van der Waals surface area contributed by atoms with Gasteiger partial charge in [0.1, 0.15) is 5.69 Å². The molecule has 3 N–H and O–H groups in total. The van der Waals surface area contributed by atoms with Crippen molar-refractivity contribution in [3.05, 3.63) is 70.9 Å². The number of hydrogen-bond donors (Lipinski definition) is 3. The minimum Gasteiger partial charge on any atom is -0.352 e. The Morgan fingerprint density at radius 3 is 2.36 bits per heavy atom. The van der Waals surface area contributed by atoms with E-state index in [0.29, 0.717) is 35.8 Å². The first-order valence-electron chi connectivity index (χ1n) is 8.04. The number of carbonyl (C=O) groups excluding carboxylic acids is 2. The average molecular weight is 356 g/mol. The summed E-state index contributed by atoms with van der Waals surface area (Å²) in [5.74, 6) is -0.374. The molecule has 2 amide bonds. The second-order valence-corrected chi connectivity index (χ2v) is 6.02. The van der Waals surface area contributed by atoms with Crippen LogP contribution in [-0.4, -0.2) is 29.9 Å². The number of H-pyrrole nitrogens is 1. The summed E-state index contributed by atoms with van der Waals surface area (Å²) in [6, 6.07) is 16.4. The molecule has 0 spiro atoms. The zero-order valence-corrected chi connectivity index (χ0v) is 14.3. The quantitative estimate of drug-likeness (QED) is 0.593. The molecule has 6 heteroatoms. The second-order valence-electron chi connectivity index (χ2n) is 5.62. The van der Waals surface area contributed by atoms with Crippen molar-refractivity contribution in [1.29, 1.82) is 0 Å². The van der Waals surface area contributed by atoms with Gasteiger partial charge in [0.15, 0.2) is 0 Å². The van der Waals surface area contributed by atoms with Crippen molar-refractivity contribution in [1.82, 2.24) is 15.6 Å². The van der Waals surface area contributed by atoms with Gasteiger partial charge in [0.2, 0.25) is 0 Å². The monoisotopic (exact) mass is 355 g/mol. The van der Waals surface area contributed by atoms with Gasteiger partial charge in [-0.15, -0.1) is 0 Å². The highest BCUT2D eigenvalue weighted by Crippen LogP contribution is 2.15. The van der Waals surface area contributed by atoms with E-state index in [1.807, 2.05) is 30.3 Å². The van der Waals surface area contributed by atoms with E-state index in [-0.39, 0.29) is 11.8 Å². The van der Waals surface area contributed by atoms with Crippen LogP contribution in [0.5, 0.6) is 0 Å². The summed E-state index contributed by atoms with van der Waals surface area (Å²) in [6.45, 7) is 0.925. The van der Waals surface area contributed by atoms with Crippen molar-refractivity contribution in [2.45, 2.75) is 6.42 Å². The maximum Gasteiger partial charge on any atom is 0.267 e. The normalized spacial score (nSPS) is 10.6. The second kappa shape index (κ2) is 7.85. The highest BCUT2D eigenvalue weighted by Gasteiger charge is 2.10. The first-order chi connectivity index (χ1) is 12.1. The first kappa shape index (κ1) is 17.0. The Morgan fingerprint density at radius 2 is 1.60 bits per heavy atom. The van der Waals surface area contributed by atoms with Crippen molar-refractivity contribution >= 4 is 34.3 Å². The number of halogens is 1. The lowest BCUT2D eigenvalue weighted by Crippen LogP contribution is -2.30. The number of rotatable bonds is 6. The number of aromatic amines is 1. The van der Waals surface area contributed by atoms with Crippen molar-refractivity contribution in [3.63, 3.8) is 0 Å². The van der Waals surface area contributed by atoms with Crippen molar-refractivity contribution in [3.8, 4) is 0 Å². The summed E-state index contributed by atoms with van der Waals surface area (Å²) in [5, 5.41) is 7.05. The Bertz CT molecular complexity index is 871. The number of aromatic nitrogens is 1. The molecular formula is C19H18ClN3O2. The molecule has 0 aliphatic heterocycles. The fourth-order valence-electron chi connectivity index (χ4n) is 2.52. The molecule has 1 aromatic heterocycles. The van der Waals surface area contributed by atoms with E-state index in [0.717, 1.165) is 10.9 Å². The fourth-order valence-corrected chi connectivity index (χ4v) is 2.75. The molecule has 0 atom stereocenters. The molecule has 3 aromatic rings. The van der Waals surface area contributed by atoms with Crippen LogP contribution in [0.25, 0.3) is 10.9 Å². The molecule has 2 aromatic carbocycles. The highest BCUT2D eigenvalue weighted by molar-refractivity contribution is 6.33. The van der Waals surface area contributed by atoms with Crippen LogP contribution in [-0.2, 0) is 0 Å². The molecule has 0 saturated carbocycles. The van der Waals surface area contributed by atoms with E-state index >= 15 is 0 Å². The molecule has 3 rings (SSSR count). The van der Waals surface area contributed by atoms with Crippen molar-refractivity contribution in [2.24, 2.45) is 0 Å². The molecule has 1 heterocycles. The Balaban J connectivity index is 1.43. The molecule has 0 aliphatic rings. The molecule has 0 bridgehead atoms. The first-order valence-corrected chi connectivity index (χ1v) is 8.41. The number of para-hydroxylation sites is 1. The predicted molar refractivity (Wildman–Crippen MR) is 99.0 cm³/mol. The lowest BCUT2D eigenvalue weighted by molar-refractivity contribution is 0.0948. The lowest BCUT2D eigenvalue weighted by atomic mass is 10.2. The smallest absolute Gasteiger partial charge is 0.267 e. The zero-order chi connectivity index (χ0) is 17.6. The van der Waals surface area contributed by atoms with Gasteiger partial charge in [-0.3, -0.25) is 9.59 Å². The minimum absolute atomic E-state index is 0.159. The van der Waals surface area contributed by atoms with Gasteiger partial charge in [0, 0.05) is 24.0 Å². The van der Waals surface area contributed by atoms with Gasteiger partial charge in [0.05, 0.1) is 10.6 Å². The number of benzene rings is 2. The number of amides is 2. The van der Waals surface area contributed by atoms with Crippen molar-refractivity contribution < 1.29 is 9.59 Å². The van der Waals surface area contributed by atoms with Gasteiger partial charge in [0.25, 0.3) is 11.8 Å². The van der Waals surface area contributed by atoms with Gasteiger partial charge >= 0.3 is 0 Å². The number of nitrogens with one attached hydrogen (secondary N) is 3. The fraction of sp³-hybridized carbons (Fsp3) is 0.158. The lowest BCUT2D eigenvalue weighted by Gasteiger charge is -2.07. The summed E-state index contributed by atoms with van der Waals surface area (Å²) >= 11 is 5.98. The van der Waals surface area contributed by atoms with E-state index in [2.05, 4.69) is 15.6 Å². The molecule has 0 unspecified atom stereocenters. The van der Waals surface area contributed by atoms with Gasteiger partial charge < -0.3 is 15.6 Å². The van der Waals surface area contributed by atoms with Crippen LogP contribution in [0.1, 0.15) is 27.3 Å². The average Bonchev–Trinajstić information content (AvgIpc) is 3.05. The van der Waals surface area contributed by atoms with Crippen molar-refractivity contribution in [2.75, 3.05) is 13.1 Å².